The van der Waals surface area contributed by atoms with Gasteiger partial charge in [0.1, 0.15) is 11.2 Å². The lowest BCUT2D eigenvalue weighted by Crippen LogP contribution is -2.11. The Morgan fingerprint density at radius 3 is 2.57 bits per heavy atom. The van der Waals surface area contributed by atoms with Crippen molar-refractivity contribution in [2.24, 2.45) is 0 Å². The first-order chi connectivity index (χ1) is 9.91. The van der Waals surface area contributed by atoms with Gasteiger partial charge in [0, 0.05) is 5.69 Å². The second kappa shape index (κ2) is 4.72. The zero-order chi connectivity index (χ0) is 15.0. The number of oxazole rings is 1. The van der Waals surface area contributed by atoms with Crippen LogP contribution in [0.2, 0.25) is 0 Å². The fourth-order valence-corrected chi connectivity index (χ4v) is 1.79. The first-order valence-electron chi connectivity index (χ1n) is 5.97. The number of halogens is 3. The van der Waals surface area contributed by atoms with Crippen LogP contribution in [-0.2, 0) is 6.18 Å². The highest BCUT2D eigenvalue weighted by Crippen LogP contribution is 2.29. The van der Waals surface area contributed by atoms with Gasteiger partial charge in [-0.2, -0.15) is 18.2 Å². The Bertz CT molecular complexity index is 764. The number of anilines is 2. The van der Waals surface area contributed by atoms with Gasteiger partial charge in [0.15, 0.2) is 5.58 Å². The number of hydrogen-bond acceptors (Lipinski definition) is 5. The molecular weight excluding hydrogens is 285 g/mol. The molecule has 3 rings (SSSR count). The molecule has 5 nitrogen and oxygen atoms in total. The number of hydrogen-bond donors (Lipinski definition) is 1. The number of nitrogens with one attached hydrogen (secondary N) is 1. The first-order valence-corrected chi connectivity index (χ1v) is 5.97. The average molecular weight is 294 g/mol. The van der Waals surface area contributed by atoms with E-state index in [1.165, 1.54) is 6.92 Å². The van der Waals surface area contributed by atoms with Gasteiger partial charge in [-0.1, -0.05) is 12.1 Å². The predicted molar refractivity (Wildman–Crippen MR) is 69.1 cm³/mol. The maximum Gasteiger partial charge on any atom is 0.433 e. The van der Waals surface area contributed by atoms with Gasteiger partial charge in [-0.15, -0.1) is 0 Å². The number of aromatic nitrogens is 3. The van der Waals surface area contributed by atoms with E-state index in [0.29, 0.717) is 11.1 Å². The molecular formula is C13H9F3N4O. The topological polar surface area (TPSA) is 63.8 Å². The summed E-state index contributed by atoms with van der Waals surface area (Å²) >= 11 is 0. The monoisotopic (exact) mass is 294 g/mol. The molecule has 0 aliphatic carbocycles. The van der Waals surface area contributed by atoms with Gasteiger partial charge in [0.05, 0.1) is 0 Å². The molecule has 1 aromatic carbocycles. The van der Waals surface area contributed by atoms with Crippen molar-refractivity contribution in [3.8, 4) is 0 Å². The number of benzene rings is 1. The van der Waals surface area contributed by atoms with Crippen LogP contribution < -0.4 is 5.32 Å². The highest BCUT2D eigenvalue weighted by molar-refractivity contribution is 5.74. The van der Waals surface area contributed by atoms with Crippen LogP contribution in [0.3, 0.4) is 0 Å². The Labute approximate surface area is 116 Å². The SMILES string of the molecule is Cc1cc(C(F)(F)F)nc(Nc2nc3ccccc3o2)n1. The van der Waals surface area contributed by atoms with Crippen molar-refractivity contribution in [2.45, 2.75) is 13.1 Å². The van der Waals surface area contributed by atoms with Crippen molar-refractivity contribution in [3.05, 3.63) is 41.7 Å². The van der Waals surface area contributed by atoms with E-state index >= 15 is 0 Å². The number of nitrogens with zero attached hydrogens (tertiary/aromatic N) is 3. The molecule has 3 aromatic rings. The van der Waals surface area contributed by atoms with Crippen molar-refractivity contribution in [1.82, 2.24) is 15.0 Å². The zero-order valence-corrected chi connectivity index (χ0v) is 10.8. The molecule has 0 spiro atoms. The summed E-state index contributed by atoms with van der Waals surface area (Å²) in [5, 5.41) is 2.55. The van der Waals surface area contributed by atoms with E-state index in [1.54, 1.807) is 24.3 Å². The highest BCUT2D eigenvalue weighted by atomic mass is 19.4. The van der Waals surface area contributed by atoms with E-state index in [4.69, 9.17) is 4.42 Å². The number of para-hydroxylation sites is 2. The first kappa shape index (κ1) is 13.3. The lowest BCUT2D eigenvalue weighted by Gasteiger charge is -2.08. The maximum atomic E-state index is 12.7. The third-order valence-corrected chi connectivity index (χ3v) is 2.66. The summed E-state index contributed by atoms with van der Waals surface area (Å²) < 4.78 is 43.4. The maximum absolute atomic E-state index is 12.7. The van der Waals surface area contributed by atoms with Crippen molar-refractivity contribution >= 4 is 23.1 Å². The minimum absolute atomic E-state index is 0.0370. The van der Waals surface area contributed by atoms with E-state index in [0.717, 1.165) is 6.07 Å². The van der Waals surface area contributed by atoms with E-state index in [9.17, 15) is 13.2 Å². The third kappa shape index (κ3) is 2.78. The summed E-state index contributed by atoms with van der Waals surface area (Å²) in [6.07, 6.45) is -4.54. The number of aryl methyl sites for hydroxylation is 1. The molecule has 1 N–H and O–H groups in total. The molecule has 0 saturated heterocycles. The molecule has 0 bridgehead atoms. The predicted octanol–water partition coefficient (Wildman–Crippen LogP) is 3.69. The Kier molecular flexibility index (Phi) is 3.00. The zero-order valence-electron chi connectivity index (χ0n) is 10.8. The van der Waals surface area contributed by atoms with E-state index in [2.05, 4.69) is 20.3 Å². The standard InChI is InChI=1S/C13H9F3N4O/c1-7-6-10(13(14,15)16)19-11(17-7)20-12-18-8-4-2-3-5-9(8)21-12/h2-6H,1H3,(H,17,18,19,20). The minimum Gasteiger partial charge on any atom is -0.423 e. The smallest absolute Gasteiger partial charge is 0.423 e. The van der Waals surface area contributed by atoms with Crippen LogP contribution in [0, 0.1) is 6.92 Å². The van der Waals surface area contributed by atoms with Crippen molar-refractivity contribution in [2.75, 3.05) is 5.32 Å². The van der Waals surface area contributed by atoms with Crippen LogP contribution in [0.4, 0.5) is 25.1 Å². The Hall–Kier alpha value is -2.64. The molecule has 0 unspecified atom stereocenters. The van der Waals surface area contributed by atoms with Crippen LogP contribution in [0.15, 0.2) is 34.7 Å². The molecule has 0 radical (unpaired) electrons. The van der Waals surface area contributed by atoms with Crippen molar-refractivity contribution in [3.63, 3.8) is 0 Å². The molecule has 8 heteroatoms. The van der Waals surface area contributed by atoms with Crippen molar-refractivity contribution in [1.29, 1.82) is 0 Å². The lowest BCUT2D eigenvalue weighted by molar-refractivity contribution is -0.141. The molecule has 0 aliphatic heterocycles. The Morgan fingerprint density at radius 1 is 1.10 bits per heavy atom. The molecule has 2 aromatic heterocycles. The Balaban J connectivity index is 1.95. The van der Waals surface area contributed by atoms with E-state index in [1.807, 2.05) is 0 Å². The highest BCUT2D eigenvalue weighted by Gasteiger charge is 2.33. The minimum atomic E-state index is -4.54. The molecule has 0 fully saturated rings. The molecule has 0 amide bonds. The molecule has 21 heavy (non-hydrogen) atoms. The van der Waals surface area contributed by atoms with E-state index < -0.39 is 11.9 Å². The number of rotatable bonds is 2. The van der Waals surface area contributed by atoms with Gasteiger partial charge >= 0.3 is 12.2 Å². The summed E-state index contributed by atoms with van der Waals surface area (Å²) in [4.78, 5) is 11.4. The fourth-order valence-electron chi connectivity index (χ4n) is 1.79. The molecule has 0 atom stereocenters. The summed E-state index contributed by atoms with van der Waals surface area (Å²) in [6.45, 7) is 1.45. The normalized spacial score (nSPS) is 11.8. The number of fused-ring (bicyclic) bond motifs is 1. The third-order valence-electron chi connectivity index (χ3n) is 2.66. The fraction of sp³-hybridized carbons (Fsp3) is 0.154. The van der Waals surface area contributed by atoms with Gasteiger partial charge in [0.2, 0.25) is 5.95 Å². The molecule has 0 saturated carbocycles. The van der Waals surface area contributed by atoms with Crippen LogP contribution >= 0.6 is 0 Å². The summed E-state index contributed by atoms with van der Waals surface area (Å²) in [6, 6.07) is 7.88. The average Bonchev–Trinajstić information content (AvgIpc) is 2.79. The van der Waals surface area contributed by atoms with Gasteiger partial charge in [-0.25, -0.2) is 9.97 Å². The van der Waals surface area contributed by atoms with Crippen LogP contribution in [-0.4, -0.2) is 15.0 Å². The largest absolute Gasteiger partial charge is 0.433 e. The quantitative estimate of drug-likeness (QED) is 0.781. The second-order valence-electron chi connectivity index (χ2n) is 4.33. The van der Waals surface area contributed by atoms with Gasteiger partial charge < -0.3 is 4.42 Å². The van der Waals surface area contributed by atoms with Crippen molar-refractivity contribution < 1.29 is 17.6 Å². The van der Waals surface area contributed by atoms with Crippen LogP contribution in [0.5, 0.6) is 0 Å². The van der Waals surface area contributed by atoms with Crippen LogP contribution in [0.25, 0.3) is 11.1 Å². The number of alkyl halides is 3. The molecule has 2 heterocycles. The molecule has 0 aliphatic rings. The second-order valence-corrected chi connectivity index (χ2v) is 4.33. The van der Waals surface area contributed by atoms with Gasteiger partial charge in [-0.05, 0) is 25.1 Å². The van der Waals surface area contributed by atoms with Crippen LogP contribution in [0.1, 0.15) is 11.4 Å². The lowest BCUT2D eigenvalue weighted by atomic mass is 10.3. The molecule has 108 valence electrons. The Morgan fingerprint density at radius 2 is 1.86 bits per heavy atom. The summed E-state index contributed by atoms with van der Waals surface area (Å²) in [5.74, 6) is -0.214. The van der Waals surface area contributed by atoms with E-state index in [-0.39, 0.29) is 17.7 Å². The summed E-state index contributed by atoms with van der Waals surface area (Å²) in [7, 11) is 0. The van der Waals surface area contributed by atoms with Gasteiger partial charge in [-0.3, -0.25) is 5.32 Å². The summed E-state index contributed by atoms with van der Waals surface area (Å²) in [5.41, 5.74) is 0.275. The van der Waals surface area contributed by atoms with Gasteiger partial charge in [0.25, 0.3) is 0 Å².